The van der Waals surface area contributed by atoms with Crippen LogP contribution in [-0.4, -0.2) is 52.4 Å². The molecule has 1 aromatic heterocycles. The van der Waals surface area contributed by atoms with Crippen molar-refractivity contribution in [3.05, 3.63) is 102 Å². The molecule has 0 bridgehead atoms. The van der Waals surface area contributed by atoms with Crippen molar-refractivity contribution in [1.29, 1.82) is 0 Å². The summed E-state index contributed by atoms with van der Waals surface area (Å²) >= 11 is 1.73. The van der Waals surface area contributed by atoms with E-state index in [2.05, 4.69) is 4.98 Å². The lowest BCUT2D eigenvalue weighted by Crippen LogP contribution is -2.43. The van der Waals surface area contributed by atoms with Gasteiger partial charge in [0.2, 0.25) is 0 Å². The predicted molar refractivity (Wildman–Crippen MR) is 136 cm³/mol. The normalized spacial score (nSPS) is 20.7. The molecule has 1 aliphatic heterocycles. The van der Waals surface area contributed by atoms with Gasteiger partial charge in [-0.1, -0.05) is 36.4 Å². The molecule has 3 aromatic rings. The number of H-pyrrole nitrogens is 1. The molecule has 0 unspecified atom stereocenters. The fourth-order valence-electron chi connectivity index (χ4n) is 3.76. The van der Waals surface area contributed by atoms with Crippen molar-refractivity contribution >= 4 is 40.5 Å². The van der Waals surface area contributed by atoms with Crippen LogP contribution in [-0.2, 0) is 23.7 Å². The van der Waals surface area contributed by atoms with Crippen molar-refractivity contribution in [2.75, 3.05) is 6.61 Å². The van der Waals surface area contributed by atoms with Crippen LogP contribution in [0.25, 0.3) is 0 Å². The zero-order valence-corrected chi connectivity index (χ0v) is 21.5. The second-order valence-corrected chi connectivity index (χ2v) is 9.15. The highest BCUT2D eigenvalue weighted by Gasteiger charge is 2.51. The first-order valence-electron chi connectivity index (χ1n) is 11.1. The van der Waals surface area contributed by atoms with Crippen molar-refractivity contribution in [3.8, 4) is 0 Å². The highest BCUT2D eigenvalue weighted by Crippen LogP contribution is 2.34. The fourth-order valence-corrected chi connectivity index (χ4v) is 4.19. The molecule has 0 radical (unpaired) electrons. The third kappa shape index (κ3) is 6.14. The molecule has 2 heterocycles. The predicted octanol–water partition coefficient (Wildman–Crippen LogP) is 2.05. The van der Waals surface area contributed by atoms with Crippen LogP contribution in [0.5, 0.6) is 0 Å². The standard InChI is InChI=1S/C25H21IN2O9/c1-14(29)35-20-19(37-24(32)16-10-6-3-7-11-16)18(13-34-23(31)15-8-4-2-5-9-15)36-22(20)28-12-17(26)21(30)27-25(28)33/h2-12,18-20,22H,13H2,1H3,(H,27,30,33)/t18-,19+,20-,22-/m1/s1. The molecule has 0 amide bonds. The summed E-state index contributed by atoms with van der Waals surface area (Å²) in [4.78, 5) is 64.1. The molecule has 1 N–H and O–H groups in total. The summed E-state index contributed by atoms with van der Waals surface area (Å²) in [6.45, 7) is 0.763. The molecule has 11 nitrogen and oxygen atoms in total. The maximum absolute atomic E-state index is 12.9. The van der Waals surface area contributed by atoms with Crippen LogP contribution in [0.4, 0.5) is 0 Å². The molecule has 0 aliphatic carbocycles. The first kappa shape index (κ1) is 26.3. The highest BCUT2D eigenvalue weighted by atomic mass is 127. The molecule has 0 spiro atoms. The number of carbonyl (C=O) groups is 3. The van der Waals surface area contributed by atoms with Crippen LogP contribution >= 0.6 is 22.6 Å². The second-order valence-electron chi connectivity index (χ2n) is 7.98. The Balaban J connectivity index is 1.68. The average molecular weight is 620 g/mol. The molecular weight excluding hydrogens is 599 g/mol. The molecule has 2 aromatic carbocycles. The third-order valence-corrected chi connectivity index (χ3v) is 6.20. The molecular formula is C25H21IN2O9. The highest BCUT2D eigenvalue weighted by molar-refractivity contribution is 14.1. The number of benzene rings is 2. The number of aromatic amines is 1. The number of nitrogens with zero attached hydrogens (tertiary/aromatic N) is 1. The first-order chi connectivity index (χ1) is 17.7. The Kier molecular flexibility index (Phi) is 8.18. The number of nitrogens with one attached hydrogen (secondary N) is 1. The Morgan fingerprint density at radius 2 is 1.51 bits per heavy atom. The number of aromatic nitrogens is 2. The Morgan fingerprint density at radius 3 is 2.11 bits per heavy atom. The van der Waals surface area contributed by atoms with E-state index in [4.69, 9.17) is 18.9 Å². The van der Waals surface area contributed by atoms with Crippen LogP contribution in [0.2, 0.25) is 0 Å². The first-order valence-corrected chi connectivity index (χ1v) is 12.1. The minimum Gasteiger partial charge on any atom is -0.459 e. The zero-order valence-electron chi connectivity index (χ0n) is 19.4. The summed E-state index contributed by atoms with van der Waals surface area (Å²) in [7, 11) is 0. The van der Waals surface area contributed by atoms with Gasteiger partial charge in [0, 0.05) is 13.1 Å². The van der Waals surface area contributed by atoms with Crippen molar-refractivity contribution in [1.82, 2.24) is 9.55 Å². The summed E-state index contributed by atoms with van der Waals surface area (Å²) < 4.78 is 23.7. The van der Waals surface area contributed by atoms with Crippen LogP contribution in [0.3, 0.4) is 0 Å². The number of halogens is 1. The quantitative estimate of drug-likeness (QED) is 0.239. The number of carbonyl (C=O) groups excluding carboxylic acids is 3. The summed E-state index contributed by atoms with van der Waals surface area (Å²) in [5.41, 5.74) is -0.923. The van der Waals surface area contributed by atoms with E-state index in [9.17, 15) is 24.0 Å². The summed E-state index contributed by atoms with van der Waals surface area (Å²) in [5, 5.41) is 0. The molecule has 0 saturated carbocycles. The Bertz CT molecular complexity index is 1400. The van der Waals surface area contributed by atoms with E-state index in [1.54, 1.807) is 71.1 Å². The van der Waals surface area contributed by atoms with Gasteiger partial charge < -0.3 is 18.9 Å². The van der Waals surface area contributed by atoms with E-state index in [0.717, 1.165) is 11.5 Å². The van der Waals surface area contributed by atoms with Crippen molar-refractivity contribution in [3.63, 3.8) is 0 Å². The largest absolute Gasteiger partial charge is 0.459 e. The van der Waals surface area contributed by atoms with E-state index in [1.165, 1.54) is 18.3 Å². The fraction of sp³-hybridized carbons (Fsp3) is 0.240. The Labute approximate surface area is 223 Å². The van der Waals surface area contributed by atoms with Crippen molar-refractivity contribution in [2.45, 2.75) is 31.5 Å². The van der Waals surface area contributed by atoms with Gasteiger partial charge in [-0.05, 0) is 46.9 Å². The van der Waals surface area contributed by atoms with Gasteiger partial charge in [0.05, 0.1) is 14.7 Å². The van der Waals surface area contributed by atoms with Crippen LogP contribution in [0.15, 0.2) is 76.4 Å². The van der Waals surface area contributed by atoms with Crippen LogP contribution in [0, 0.1) is 3.57 Å². The van der Waals surface area contributed by atoms with Gasteiger partial charge in [0.1, 0.15) is 12.7 Å². The van der Waals surface area contributed by atoms with Gasteiger partial charge in [-0.15, -0.1) is 0 Å². The number of hydrogen-bond donors (Lipinski definition) is 1. The van der Waals surface area contributed by atoms with Crippen molar-refractivity contribution in [2.24, 2.45) is 0 Å². The van der Waals surface area contributed by atoms with Gasteiger partial charge in [0.25, 0.3) is 5.56 Å². The lowest BCUT2D eigenvalue weighted by Gasteiger charge is -2.24. The third-order valence-electron chi connectivity index (χ3n) is 5.43. The van der Waals surface area contributed by atoms with Gasteiger partial charge in [0.15, 0.2) is 18.4 Å². The summed E-state index contributed by atoms with van der Waals surface area (Å²) in [5.74, 6) is -2.12. The van der Waals surface area contributed by atoms with Crippen molar-refractivity contribution < 1.29 is 33.3 Å². The van der Waals surface area contributed by atoms with E-state index < -0.39 is 53.7 Å². The minimum absolute atomic E-state index is 0.166. The van der Waals surface area contributed by atoms with Gasteiger partial charge >= 0.3 is 23.6 Å². The molecule has 4 rings (SSSR count). The molecule has 192 valence electrons. The molecule has 1 aliphatic rings. The van der Waals surface area contributed by atoms with E-state index >= 15 is 0 Å². The number of esters is 3. The van der Waals surface area contributed by atoms with Crippen LogP contribution in [0.1, 0.15) is 33.9 Å². The monoisotopic (exact) mass is 620 g/mol. The molecule has 12 heteroatoms. The lowest BCUT2D eigenvalue weighted by molar-refractivity contribution is -0.156. The minimum atomic E-state index is -1.30. The topological polar surface area (TPSA) is 143 Å². The van der Waals surface area contributed by atoms with Gasteiger partial charge in [-0.2, -0.15) is 0 Å². The lowest BCUT2D eigenvalue weighted by atomic mass is 10.1. The van der Waals surface area contributed by atoms with Crippen LogP contribution < -0.4 is 11.2 Å². The number of hydrogen-bond acceptors (Lipinski definition) is 9. The Hall–Kier alpha value is -3.78. The molecule has 4 atom stereocenters. The zero-order chi connectivity index (χ0) is 26.5. The SMILES string of the molecule is CC(=O)O[C@@H]1[C@@H](OC(=O)c2ccccc2)[C@@H](COC(=O)c2ccccc2)O[C@H]1n1cc(I)c(=O)[nH]c1=O. The van der Waals surface area contributed by atoms with E-state index in [0.29, 0.717) is 0 Å². The number of rotatable bonds is 7. The second kappa shape index (κ2) is 11.5. The smallest absolute Gasteiger partial charge is 0.338 e. The number of ether oxygens (including phenoxy) is 4. The molecule has 1 fully saturated rings. The van der Waals surface area contributed by atoms with Gasteiger partial charge in [-0.25, -0.2) is 14.4 Å². The van der Waals surface area contributed by atoms with E-state index in [1.807, 2.05) is 0 Å². The maximum atomic E-state index is 12.9. The van der Waals surface area contributed by atoms with E-state index in [-0.39, 0.29) is 21.3 Å². The Morgan fingerprint density at radius 1 is 0.919 bits per heavy atom. The molecule has 1 saturated heterocycles. The molecule has 37 heavy (non-hydrogen) atoms. The average Bonchev–Trinajstić information content (AvgIpc) is 3.21. The van der Waals surface area contributed by atoms with Gasteiger partial charge in [-0.3, -0.25) is 19.1 Å². The summed E-state index contributed by atoms with van der Waals surface area (Å²) in [6, 6.07) is 16.3. The summed E-state index contributed by atoms with van der Waals surface area (Å²) in [6.07, 6.45) is -3.74. The maximum Gasteiger partial charge on any atom is 0.338 e.